The highest BCUT2D eigenvalue weighted by atomic mass is 35.5. The summed E-state index contributed by atoms with van der Waals surface area (Å²) in [4.78, 5) is 29.2. The van der Waals surface area contributed by atoms with Crippen molar-refractivity contribution in [3.05, 3.63) is 51.7 Å². The molecule has 124 valence electrons. The van der Waals surface area contributed by atoms with Gasteiger partial charge in [0.05, 0.1) is 29.6 Å². The van der Waals surface area contributed by atoms with E-state index >= 15 is 0 Å². The number of carbonyl (C=O) groups is 2. The molecule has 0 aliphatic carbocycles. The Labute approximate surface area is 144 Å². The third-order valence-electron chi connectivity index (χ3n) is 4.05. The summed E-state index contributed by atoms with van der Waals surface area (Å²) >= 11 is 6.28. The Morgan fingerprint density at radius 2 is 1.96 bits per heavy atom. The fourth-order valence-corrected chi connectivity index (χ4v) is 3.26. The van der Waals surface area contributed by atoms with Crippen molar-refractivity contribution in [2.24, 2.45) is 0 Å². The first kappa shape index (κ1) is 16.5. The highest BCUT2D eigenvalue weighted by molar-refractivity contribution is 6.33. The van der Waals surface area contributed by atoms with Crippen LogP contribution >= 0.6 is 11.6 Å². The molecule has 5 nitrogen and oxygen atoms in total. The lowest BCUT2D eigenvalue weighted by Gasteiger charge is -2.21. The van der Waals surface area contributed by atoms with Crippen molar-refractivity contribution in [1.82, 2.24) is 4.98 Å². The molecule has 0 saturated heterocycles. The molecule has 6 heteroatoms. The van der Waals surface area contributed by atoms with E-state index in [2.05, 4.69) is 4.98 Å². The number of halogens is 1. The number of fused-ring (bicyclic) bond motifs is 1. The first-order valence-electron chi connectivity index (χ1n) is 7.39. The van der Waals surface area contributed by atoms with Crippen LogP contribution in [0.3, 0.4) is 0 Å². The summed E-state index contributed by atoms with van der Waals surface area (Å²) in [6, 6.07) is 7.11. The van der Waals surface area contributed by atoms with Crippen molar-refractivity contribution < 1.29 is 19.1 Å². The van der Waals surface area contributed by atoms with Gasteiger partial charge in [0.1, 0.15) is 5.60 Å². The summed E-state index contributed by atoms with van der Waals surface area (Å²) < 4.78 is 10.4. The van der Waals surface area contributed by atoms with E-state index in [1.807, 2.05) is 6.07 Å². The zero-order valence-corrected chi connectivity index (χ0v) is 14.5. The van der Waals surface area contributed by atoms with E-state index in [4.69, 9.17) is 21.1 Å². The quantitative estimate of drug-likeness (QED) is 0.772. The van der Waals surface area contributed by atoms with Gasteiger partial charge in [-0.25, -0.2) is 9.59 Å². The first-order valence-corrected chi connectivity index (χ1v) is 7.77. The normalized spacial score (nSPS) is 15.0. The summed E-state index contributed by atoms with van der Waals surface area (Å²) in [5.41, 5.74) is 1.54. The molecule has 1 aliphatic heterocycles. The van der Waals surface area contributed by atoms with Crippen molar-refractivity contribution in [2.45, 2.75) is 26.4 Å². The van der Waals surface area contributed by atoms with Crippen LogP contribution in [-0.4, -0.2) is 24.0 Å². The highest BCUT2D eigenvalue weighted by Gasteiger charge is 2.45. The van der Waals surface area contributed by atoms with Crippen molar-refractivity contribution in [3.63, 3.8) is 0 Å². The third-order valence-corrected chi connectivity index (χ3v) is 4.38. The Bertz CT molecular complexity index is 874. The third kappa shape index (κ3) is 2.36. The van der Waals surface area contributed by atoms with Gasteiger partial charge in [-0.3, -0.25) is 4.98 Å². The molecular formula is C18H16ClNO4. The lowest BCUT2D eigenvalue weighted by molar-refractivity contribution is 0.00883. The predicted molar refractivity (Wildman–Crippen MR) is 89.2 cm³/mol. The lowest BCUT2D eigenvalue weighted by atomic mass is 9.88. The van der Waals surface area contributed by atoms with E-state index in [9.17, 15) is 9.59 Å². The predicted octanol–water partition coefficient (Wildman–Crippen LogP) is 3.90. The molecule has 0 saturated carbocycles. The van der Waals surface area contributed by atoms with E-state index in [-0.39, 0.29) is 11.1 Å². The van der Waals surface area contributed by atoms with Gasteiger partial charge in [0.25, 0.3) is 0 Å². The van der Waals surface area contributed by atoms with Gasteiger partial charge in [-0.05, 0) is 26.8 Å². The Balaban J connectivity index is 2.43. The summed E-state index contributed by atoms with van der Waals surface area (Å²) in [7, 11) is 1.29. The van der Waals surface area contributed by atoms with Crippen molar-refractivity contribution >= 4 is 23.5 Å². The van der Waals surface area contributed by atoms with Crippen LogP contribution in [0.1, 0.15) is 45.8 Å². The molecule has 0 unspecified atom stereocenters. The van der Waals surface area contributed by atoms with Gasteiger partial charge in [0, 0.05) is 16.1 Å². The minimum absolute atomic E-state index is 0.263. The number of methoxy groups -OCH3 is 1. The van der Waals surface area contributed by atoms with Crippen molar-refractivity contribution in [2.75, 3.05) is 7.11 Å². The van der Waals surface area contributed by atoms with Gasteiger partial charge >= 0.3 is 11.9 Å². The summed E-state index contributed by atoms with van der Waals surface area (Å²) in [6.45, 7) is 5.17. The first-order chi connectivity index (χ1) is 11.3. The van der Waals surface area contributed by atoms with Crippen molar-refractivity contribution in [1.29, 1.82) is 0 Å². The molecule has 0 fully saturated rings. The molecule has 1 aromatic carbocycles. The van der Waals surface area contributed by atoms with Crippen LogP contribution in [0.4, 0.5) is 0 Å². The highest BCUT2D eigenvalue weighted by Crippen LogP contribution is 2.44. The Morgan fingerprint density at radius 1 is 1.29 bits per heavy atom. The topological polar surface area (TPSA) is 65.5 Å². The molecule has 0 bridgehead atoms. The smallest absolute Gasteiger partial charge is 0.341 e. The number of hydrogen-bond acceptors (Lipinski definition) is 5. The van der Waals surface area contributed by atoms with E-state index in [1.165, 1.54) is 7.11 Å². The van der Waals surface area contributed by atoms with Gasteiger partial charge in [0.2, 0.25) is 0 Å². The lowest BCUT2D eigenvalue weighted by Crippen LogP contribution is -2.21. The van der Waals surface area contributed by atoms with Gasteiger partial charge < -0.3 is 9.47 Å². The van der Waals surface area contributed by atoms with Crippen LogP contribution in [0.2, 0.25) is 5.02 Å². The van der Waals surface area contributed by atoms with Crippen LogP contribution in [0.25, 0.3) is 11.3 Å². The maximum Gasteiger partial charge on any atom is 0.341 e. The number of rotatable bonds is 2. The van der Waals surface area contributed by atoms with Crippen molar-refractivity contribution in [3.8, 4) is 11.3 Å². The van der Waals surface area contributed by atoms with E-state index < -0.39 is 17.5 Å². The number of benzene rings is 1. The van der Waals surface area contributed by atoms with E-state index in [1.54, 1.807) is 39.0 Å². The minimum atomic E-state index is -0.959. The van der Waals surface area contributed by atoms with Gasteiger partial charge in [-0.2, -0.15) is 0 Å². The molecule has 1 aliphatic rings. The molecule has 0 spiro atoms. The molecule has 3 rings (SSSR count). The number of hydrogen-bond donors (Lipinski definition) is 0. The second-order valence-electron chi connectivity index (χ2n) is 6.04. The number of ether oxygens (including phenoxy) is 2. The zero-order valence-electron chi connectivity index (χ0n) is 13.8. The van der Waals surface area contributed by atoms with Crippen LogP contribution < -0.4 is 0 Å². The van der Waals surface area contributed by atoms with Gasteiger partial charge in [0.15, 0.2) is 0 Å². The van der Waals surface area contributed by atoms with Crippen LogP contribution in [0, 0.1) is 6.92 Å². The van der Waals surface area contributed by atoms with Crippen LogP contribution in [-0.2, 0) is 15.1 Å². The second kappa shape index (κ2) is 5.60. The average molecular weight is 346 g/mol. The Kier molecular flexibility index (Phi) is 3.84. The fourth-order valence-electron chi connectivity index (χ4n) is 3.04. The Hall–Kier alpha value is -2.40. The molecule has 2 aromatic rings. The van der Waals surface area contributed by atoms with Crippen LogP contribution in [0.15, 0.2) is 24.3 Å². The maximum atomic E-state index is 12.5. The molecule has 0 amide bonds. The van der Waals surface area contributed by atoms with Gasteiger partial charge in [-0.1, -0.05) is 29.8 Å². The van der Waals surface area contributed by atoms with Crippen LogP contribution in [0.5, 0.6) is 0 Å². The molecule has 0 N–H and O–H groups in total. The minimum Gasteiger partial charge on any atom is -0.465 e. The zero-order chi connectivity index (χ0) is 17.6. The number of aromatic nitrogens is 1. The molecule has 24 heavy (non-hydrogen) atoms. The van der Waals surface area contributed by atoms with E-state index in [0.717, 1.165) is 0 Å². The summed E-state index contributed by atoms with van der Waals surface area (Å²) in [6.07, 6.45) is 0. The SMILES string of the molecule is COC(=O)c1c(C)nc(-c2ccccc2Cl)c2c1C(C)(C)OC2=O. The molecular weight excluding hydrogens is 330 g/mol. The summed E-state index contributed by atoms with van der Waals surface area (Å²) in [5.74, 6) is -1.07. The number of nitrogens with zero attached hydrogens (tertiary/aromatic N) is 1. The van der Waals surface area contributed by atoms with Gasteiger partial charge in [-0.15, -0.1) is 0 Å². The van der Waals surface area contributed by atoms with E-state index in [0.29, 0.717) is 27.5 Å². The largest absolute Gasteiger partial charge is 0.465 e. The summed E-state index contributed by atoms with van der Waals surface area (Å²) in [5, 5.41) is 0.468. The standard InChI is InChI=1S/C18H16ClNO4/c1-9-12(16(21)23-4)14-13(17(22)24-18(14,2)3)15(20-9)10-7-5-6-8-11(10)19/h5-8H,1-4H3. The second-order valence-corrected chi connectivity index (χ2v) is 6.45. The number of aryl methyl sites for hydroxylation is 1. The Morgan fingerprint density at radius 3 is 2.58 bits per heavy atom. The number of cyclic esters (lactones) is 1. The molecule has 0 radical (unpaired) electrons. The fraction of sp³-hybridized carbons (Fsp3) is 0.278. The number of carbonyl (C=O) groups excluding carboxylic acids is 2. The molecule has 1 aromatic heterocycles. The average Bonchev–Trinajstić information content (AvgIpc) is 2.76. The number of pyridine rings is 1. The molecule has 2 heterocycles. The molecule has 0 atom stereocenters. The monoisotopic (exact) mass is 345 g/mol. The number of esters is 2. The maximum absolute atomic E-state index is 12.5.